The number of hydrogen-bond acceptors (Lipinski definition) is 4. The van der Waals surface area contributed by atoms with Crippen molar-refractivity contribution in [1.82, 2.24) is 0 Å². The Morgan fingerprint density at radius 1 is 1.00 bits per heavy atom. The molecule has 0 aliphatic rings. The topological polar surface area (TPSA) is 70.7 Å². The van der Waals surface area contributed by atoms with Crippen molar-refractivity contribution in [3.8, 4) is 22.6 Å². The highest BCUT2D eigenvalue weighted by Crippen LogP contribution is 2.29. The molecular formula is C17H14O4. The lowest BCUT2D eigenvalue weighted by atomic mass is 10.0. The Labute approximate surface area is 120 Å². The zero-order valence-electron chi connectivity index (χ0n) is 11.7. The molecule has 1 heterocycles. The summed E-state index contributed by atoms with van der Waals surface area (Å²) in [6, 6.07) is 8.12. The molecule has 3 rings (SSSR count). The van der Waals surface area contributed by atoms with Gasteiger partial charge in [0.05, 0.1) is 5.56 Å². The molecule has 0 fully saturated rings. The number of phenols is 2. The molecule has 0 aliphatic heterocycles. The van der Waals surface area contributed by atoms with E-state index in [9.17, 15) is 15.0 Å². The van der Waals surface area contributed by atoms with Crippen LogP contribution in [0.5, 0.6) is 11.5 Å². The maximum atomic E-state index is 12.6. The highest BCUT2D eigenvalue weighted by molar-refractivity contribution is 5.88. The van der Waals surface area contributed by atoms with Gasteiger partial charge in [-0.1, -0.05) is 18.2 Å². The molecule has 4 heteroatoms. The Morgan fingerprint density at radius 3 is 2.48 bits per heavy atom. The molecule has 2 N–H and O–H groups in total. The fraction of sp³-hybridized carbons (Fsp3) is 0.118. The second kappa shape index (κ2) is 4.66. The van der Waals surface area contributed by atoms with Crippen molar-refractivity contribution in [1.29, 1.82) is 0 Å². The molecule has 4 nitrogen and oxygen atoms in total. The molecule has 0 saturated carbocycles. The number of benzene rings is 2. The van der Waals surface area contributed by atoms with E-state index in [1.54, 1.807) is 0 Å². The predicted molar refractivity (Wildman–Crippen MR) is 80.7 cm³/mol. The van der Waals surface area contributed by atoms with Gasteiger partial charge in [-0.2, -0.15) is 0 Å². The highest BCUT2D eigenvalue weighted by atomic mass is 16.3. The standard InChI is InChI=1S/C17H14O4/c1-9-3-4-11(5-10(9)2)13-8-21-15-7-12(18)6-14(19)16(15)17(13)20/h3-8,18-19H,1-2H3. The van der Waals surface area contributed by atoms with E-state index < -0.39 is 0 Å². The summed E-state index contributed by atoms with van der Waals surface area (Å²) >= 11 is 0. The third-order valence-corrected chi connectivity index (χ3v) is 3.66. The van der Waals surface area contributed by atoms with Crippen molar-refractivity contribution >= 4 is 11.0 Å². The van der Waals surface area contributed by atoms with Gasteiger partial charge in [-0.3, -0.25) is 4.79 Å². The summed E-state index contributed by atoms with van der Waals surface area (Å²) in [5.41, 5.74) is 3.16. The lowest BCUT2D eigenvalue weighted by Crippen LogP contribution is -2.05. The fourth-order valence-corrected chi connectivity index (χ4v) is 2.33. The van der Waals surface area contributed by atoms with E-state index in [-0.39, 0.29) is 27.9 Å². The molecule has 0 bridgehead atoms. The lowest BCUT2D eigenvalue weighted by Gasteiger charge is -2.07. The van der Waals surface area contributed by atoms with Crippen LogP contribution in [0.1, 0.15) is 11.1 Å². The Hall–Kier alpha value is -2.75. The van der Waals surface area contributed by atoms with Crippen LogP contribution in [-0.2, 0) is 0 Å². The number of aromatic hydroxyl groups is 2. The van der Waals surface area contributed by atoms with Gasteiger partial charge in [-0.05, 0) is 30.5 Å². The second-order valence-electron chi connectivity index (χ2n) is 5.12. The van der Waals surface area contributed by atoms with Gasteiger partial charge >= 0.3 is 0 Å². The molecule has 0 atom stereocenters. The minimum Gasteiger partial charge on any atom is -0.508 e. The summed E-state index contributed by atoms with van der Waals surface area (Å²) in [5.74, 6) is -0.438. The Morgan fingerprint density at radius 2 is 1.76 bits per heavy atom. The first-order valence-corrected chi connectivity index (χ1v) is 6.52. The predicted octanol–water partition coefficient (Wildman–Crippen LogP) is 3.49. The van der Waals surface area contributed by atoms with E-state index in [1.807, 2.05) is 32.0 Å². The van der Waals surface area contributed by atoms with Crippen molar-refractivity contribution in [3.05, 3.63) is 57.9 Å². The fourth-order valence-electron chi connectivity index (χ4n) is 2.33. The molecule has 106 valence electrons. The van der Waals surface area contributed by atoms with E-state index in [1.165, 1.54) is 12.3 Å². The van der Waals surface area contributed by atoms with Crippen LogP contribution in [-0.4, -0.2) is 10.2 Å². The van der Waals surface area contributed by atoms with Crippen molar-refractivity contribution in [2.24, 2.45) is 0 Å². The lowest BCUT2D eigenvalue weighted by molar-refractivity contribution is 0.452. The van der Waals surface area contributed by atoms with Crippen LogP contribution >= 0.6 is 0 Å². The first kappa shape index (κ1) is 13.2. The maximum Gasteiger partial charge on any atom is 0.204 e. The molecule has 0 saturated heterocycles. The largest absolute Gasteiger partial charge is 0.508 e. The van der Waals surface area contributed by atoms with Gasteiger partial charge in [0.25, 0.3) is 0 Å². The molecule has 2 aromatic carbocycles. The molecule has 0 aliphatic carbocycles. The summed E-state index contributed by atoms with van der Waals surface area (Å²) in [6.45, 7) is 3.97. The van der Waals surface area contributed by atoms with E-state index in [0.717, 1.165) is 22.8 Å². The molecule has 0 amide bonds. The quantitative estimate of drug-likeness (QED) is 0.716. The van der Waals surface area contributed by atoms with E-state index >= 15 is 0 Å². The third-order valence-electron chi connectivity index (χ3n) is 3.66. The number of rotatable bonds is 1. The molecule has 3 aromatic rings. The van der Waals surface area contributed by atoms with Crippen LogP contribution in [0.3, 0.4) is 0 Å². The SMILES string of the molecule is Cc1ccc(-c2coc3cc(O)cc(O)c3c2=O)cc1C. The van der Waals surface area contributed by atoms with Crippen molar-refractivity contribution < 1.29 is 14.6 Å². The van der Waals surface area contributed by atoms with E-state index in [2.05, 4.69) is 0 Å². The van der Waals surface area contributed by atoms with Crippen LogP contribution in [0.15, 0.2) is 45.8 Å². The number of phenolic OH excluding ortho intramolecular Hbond substituents is 2. The van der Waals surface area contributed by atoms with Gasteiger partial charge < -0.3 is 14.6 Å². The van der Waals surface area contributed by atoms with Gasteiger partial charge in [-0.15, -0.1) is 0 Å². The molecule has 0 unspecified atom stereocenters. The molecule has 1 aromatic heterocycles. The summed E-state index contributed by atoms with van der Waals surface area (Å²) in [6.07, 6.45) is 1.35. The third kappa shape index (κ3) is 2.14. The van der Waals surface area contributed by atoms with Gasteiger partial charge in [0.2, 0.25) is 5.43 Å². The molecule has 0 radical (unpaired) electrons. The summed E-state index contributed by atoms with van der Waals surface area (Å²) in [5, 5.41) is 19.4. The summed E-state index contributed by atoms with van der Waals surface area (Å²) < 4.78 is 5.39. The Bertz CT molecular complexity index is 907. The number of aryl methyl sites for hydroxylation is 2. The smallest absolute Gasteiger partial charge is 0.204 e. The molecule has 21 heavy (non-hydrogen) atoms. The Kier molecular flexibility index (Phi) is 2.94. The monoisotopic (exact) mass is 282 g/mol. The van der Waals surface area contributed by atoms with Gasteiger partial charge in [-0.25, -0.2) is 0 Å². The van der Waals surface area contributed by atoms with Crippen molar-refractivity contribution in [3.63, 3.8) is 0 Å². The van der Waals surface area contributed by atoms with Crippen molar-refractivity contribution in [2.45, 2.75) is 13.8 Å². The highest BCUT2D eigenvalue weighted by Gasteiger charge is 2.14. The van der Waals surface area contributed by atoms with Gasteiger partial charge in [0.1, 0.15) is 28.7 Å². The van der Waals surface area contributed by atoms with Crippen LogP contribution in [0.25, 0.3) is 22.1 Å². The maximum absolute atomic E-state index is 12.6. The van der Waals surface area contributed by atoms with Crippen LogP contribution in [0, 0.1) is 13.8 Å². The van der Waals surface area contributed by atoms with Gasteiger partial charge in [0.15, 0.2) is 0 Å². The van der Waals surface area contributed by atoms with Gasteiger partial charge in [0, 0.05) is 12.1 Å². The Balaban J connectivity index is 2.32. The second-order valence-corrected chi connectivity index (χ2v) is 5.12. The van der Waals surface area contributed by atoms with E-state index in [0.29, 0.717) is 5.56 Å². The summed E-state index contributed by atoms with van der Waals surface area (Å²) in [7, 11) is 0. The molecular weight excluding hydrogens is 268 g/mol. The minimum atomic E-state index is -0.322. The average molecular weight is 282 g/mol. The number of hydrogen-bond donors (Lipinski definition) is 2. The normalized spacial score (nSPS) is 11.0. The van der Waals surface area contributed by atoms with Crippen LogP contribution in [0.2, 0.25) is 0 Å². The first-order valence-electron chi connectivity index (χ1n) is 6.52. The zero-order valence-corrected chi connectivity index (χ0v) is 11.7. The van der Waals surface area contributed by atoms with Crippen LogP contribution in [0.4, 0.5) is 0 Å². The molecule has 0 spiro atoms. The first-order chi connectivity index (χ1) is 9.97. The van der Waals surface area contributed by atoms with Crippen LogP contribution < -0.4 is 5.43 Å². The zero-order chi connectivity index (χ0) is 15.1. The van der Waals surface area contributed by atoms with Crippen molar-refractivity contribution in [2.75, 3.05) is 0 Å². The number of fused-ring (bicyclic) bond motifs is 1. The minimum absolute atomic E-state index is 0.0727. The summed E-state index contributed by atoms with van der Waals surface area (Å²) in [4.78, 5) is 12.6. The average Bonchev–Trinajstić information content (AvgIpc) is 2.41. The van der Waals surface area contributed by atoms with E-state index in [4.69, 9.17) is 4.42 Å².